The Kier molecular flexibility index (Phi) is 4.01. The second-order valence-electron chi connectivity index (χ2n) is 4.62. The summed E-state index contributed by atoms with van der Waals surface area (Å²) in [6, 6.07) is 0.421. The molecule has 0 aromatic carbocycles. The van der Waals surface area contributed by atoms with Gasteiger partial charge in [0.25, 0.3) is 0 Å². The molecule has 0 aromatic heterocycles. The lowest BCUT2D eigenvalue weighted by Crippen LogP contribution is -2.40. The Balaban J connectivity index is 1.81. The van der Waals surface area contributed by atoms with Gasteiger partial charge in [0, 0.05) is 19.6 Å². The van der Waals surface area contributed by atoms with Gasteiger partial charge in [-0.2, -0.15) is 0 Å². The van der Waals surface area contributed by atoms with Crippen LogP contribution >= 0.6 is 0 Å². The van der Waals surface area contributed by atoms with E-state index < -0.39 is 0 Å². The molecule has 0 aromatic rings. The zero-order chi connectivity index (χ0) is 10.5. The molecule has 0 radical (unpaired) electrons. The van der Waals surface area contributed by atoms with Crippen molar-refractivity contribution in [1.29, 1.82) is 0 Å². The highest BCUT2D eigenvalue weighted by Crippen LogP contribution is 2.16. The van der Waals surface area contributed by atoms with Crippen molar-refractivity contribution < 1.29 is 4.74 Å². The lowest BCUT2D eigenvalue weighted by molar-refractivity contribution is 0.0891. The molecule has 0 saturated carbocycles. The van der Waals surface area contributed by atoms with Crippen molar-refractivity contribution in [2.24, 2.45) is 4.99 Å². The highest BCUT2D eigenvalue weighted by Gasteiger charge is 2.22. The number of amidine groups is 1. The van der Waals surface area contributed by atoms with Gasteiger partial charge in [-0.15, -0.1) is 0 Å². The first-order valence-electron chi connectivity index (χ1n) is 6.28. The van der Waals surface area contributed by atoms with E-state index in [4.69, 9.17) is 4.74 Å². The van der Waals surface area contributed by atoms with Crippen LogP contribution in [0.2, 0.25) is 0 Å². The van der Waals surface area contributed by atoms with Gasteiger partial charge < -0.3 is 10.1 Å². The molecule has 1 fully saturated rings. The second kappa shape index (κ2) is 5.50. The Morgan fingerprint density at radius 2 is 2.27 bits per heavy atom. The summed E-state index contributed by atoms with van der Waals surface area (Å²) in [5.41, 5.74) is 0. The van der Waals surface area contributed by atoms with Gasteiger partial charge in [-0.1, -0.05) is 6.42 Å². The minimum Gasteiger partial charge on any atom is -0.376 e. The van der Waals surface area contributed by atoms with Crippen LogP contribution in [-0.2, 0) is 4.74 Å². The van der Waals surface area contributed by atoms with E-state index in [1.807, 2.05) is 0 Å². The Labute approximate surface area is 92.3 Å². The van der Waals surface area contributed by atoms with E-state index in [1.165, 1.54) is 37.9 Å². The summed E-state index contributed by atoms with van der Waals surface area (Å²) in [7, 11) is 0. The topological polar surface area (TPSA) is 33.6 Å². The maximum absolute atomic E-state index is 5.67. The summed E-state index contributed by atoms with van der Waals surface area (Å²) >= 11 is 0. The van der Waals surface area contributed by atoms with Gasteiger partial charge in [0.05, 0.1) is 18.0 Å². The fourth-order valence-electron chi connectivity index (χ4n) is 2.34. The first-order chi connectivity index (χ1) is 7.36. The SMILES string of the molecule is CC(NC1=NCCCCC1)C1CCCO1. The van der Waals surface area contributed by atoms with Gasteiger partial charge in [0.1, 0.15) is 0 Å². The molecule has 0 aliphatic carbocycles. The van der Waals surface area contributed by atoms with Crippen molar-refractivity contribution in [1.82, 2.24) is 5.32 Å². The van der Waals surface area contributed by atoms with Crippen LogP contribution in [-0.4, -0.2) is 31.1 Å². The van der Waals surface area contributed by atoms with Crippen molar-refractivity contribution in [2.45, 2.75) is 57.6 Å². The lowest BCUT2D eigenvalue weighted by atomic mass is 10.1. The van der Waals surface area contributed by atoms with Crippen molar-refractivity contribution in [2.75, 3.05) is 13.2 Å². The van der Waals surface area contributed by atoms with E-state index in [0.717, 1.165) is 19.6 Å². The normalized spacial score (nSPS) is 29.4. The largest absolute Gasteiger partial charge is 0.376 e. The zero-order valence-electron chi connectivity index (χ0n) is 9.67. The maximum atomic E-state index is 5.67. The van der Waals surface area contributed by atoms with Crippen molar-refractivity contribution in [3.63, 3.8) is 0 Å². The van der Waals surface area contributed by atoms with Crippen LogP contribution in [0, 0.1) is 0 Å². The minimum absolute atomic E-state index is 0.399. The molecule has 2 heterocycles. The molecule has 3 heteroatoms. The zero-order valence-corrected chi connectivity index (χ0v) is 9.67. The first-order valence-corrected chi connectivity index (χ1v) is 6.28. The molecule has 2 rings (SSSR count). The van der Waals surface area contributed by atoms with E-state index in [-0.39, 0.29) is 0 Å². The predicted octanol–water partition coefficient (Wildman–Crippen LogP) is 2.12. The fraction of sp³-hybridized carbons (Fsp3) is 0.917. The molecule has 0 amide bonds. The van der Waals surface area contributed by atoms with E-state index in [0.29, 0.717) is 12.1 Å². The molecule has 1 N–H and O–H groups in total. The first kappa shape index (κ1) is 10.9. The van der Waals surface area contributed by atoms with Crippen LogP contribution < -0.4 is 5.32 Å². The molecule has 2 aliphatic rings. The third kappa shape index (κ3) is 3.20. The van der Waals surface area contributed by atoms with Crippen LogP contribution in [0.1, 0.15) is 45.4 Å². The monoisotopic (exact) mass is 210 g/mol. The molecule has 3 nitrogen and oxygen atoms in total. The number of hydrogen-bond donors (Lipinski definition) is 1. The molecular weight excluding hydrogens is 188 g/mol. The smallest absolute Gasteiger partial charge is 0.0965 e. The standard InChI is InChI=1S/C12H22N2O/c1-10(11-6-5-9-15-11)14-12-7-3-2-4-8-13-12/h10-11H,2-9H2,1H3,(H,13,14). The van der Waals surface area contributed by atoms with Gasteiger partial charge in [0.2, 0.25) is 0 Å². The molecular formula is C12H22N2O. The summed E-state index contributed by atoms with van der Waals surface area (Å²) in [5.74, 6) is 1.20. The fourth-order valence-corrected chi connectivity index (χ4v) is 2.34. The predicted molar refractivity (Wildman–Crippen MR) is 62.3 cm³/mol. The van der Waals surface area contributed by atoms with Crippen molar-refractivity contribution in [3.05, 3.63) is 0 Å². The number of nitrogens with zero attached hydrogens (tertiary/aromatic N) is 1. The average Bonchev–Trinajstić information content (AvgIpc) is 2.65. The van der Waals surface area contributed by atoms with Gasteiger partial charge in [-0.3, -0.25) is 4.99 Å². The minimum atomic E-state index is 0.399. The molecule has 2 atom stereocenters. The number of rotatable bonds is 2. The van der Waals surface area contributed by atoms with Gasteiger partial charge in [-0.05, 0) is 32.6 Å². The molecule has 86 valence electrons. The van der Waals surface area contributed by atoms with Crippen molar-refractivity contribution >= 4 is 5.84 Å². The molecule has 2 unspecified atom stereocenters. The highest BCUT2D eigenvalue weighted by molar-refractivity contribution is 5.82. The molecule has 1 saturated heterocycles. The quantitative estimate of drug-likeness (QED) is 0.757. The third-order valence-corrected chi connectivity index (χ3v) is 3.29. The van der Waals surface area contributed by atoms with Crippen LogP contribution in [0.4, 0.5) is 0 Å². The summed E-state index contributed by atoms with van der Waals surface area (Å²) in [4.78, 5) is 4.58. The molecule has 0 spiro atoms. The second-order valence-corrected chi connectivity index (χ2v) is 4.62. The van der Waals surface area contributed by atoms with Crippen LogP contribution in [0.15, 0.2) is 4.99 Å². The lowest BCUT2D eigenvalue weighted by Gasteiger charge is -2.21. The third-order valence-electron chi connectivity index (χ3n) is 3.29. The Bertz CT molecular complexity index is 222. The number of aliphatic imine (C=N–C) groups is 1. The maximum Gasteiger partial charge on any atom is 0.0965 e. The Morgan fingerprint density at radius 1 is 1.33 bits per heavy atom. The number of hydrogen-bond acceptors (Lipinski definition) is 3. The Morgan fingerprint density at radius 3 is 3.07 bits per heavy atom. The summed E-state index contributed by atoms with van der Waals surface area (Å²) in [5, 5.41) is 3.53. The van der Waals surface area contributed by atoms with Gasteiger partial charge in [-0.25, -0.2) is 0 Å². The van der Waals surface area contributed by atoms with Crippen LogP contribution in [0.3, 0.4) is 0 Å². The van der Waals surface area contributed by atoms with E-state index in [9.17, 15) is 0 Å². The van der Waals surface area contributed by atoms with Crippen LogP contribution in [0.5, 0.6) is 0 Å². The molecule has 0 bridgehead atoms. The van der Waals surface area contributed by atoms with E-state index in [1.54, 1.807) is 0 Å². The number of nitrogens with one attached hydrogen (secondary N) is 1. The molecule has 15 heavy (non-hydrogen) atoms. The van der Waals surface area contributed by atoms with Gasteiger partial charge in [0.15, 0.2) is 0 Å². The summed E-state index contributed by atoms with van der Waals surface area (Å²) in [6.07, 6.45) is 7.78. The van der Waals surface area contributed by atoms with Crippen molar-refractivity contribution in [3.8, 4) is 0 Å². The highest BCUT2D eigenvalue weighted by atomic mass is 16.5. The Hall–Kier alpha value is -0.570. The van der Waals surface area contributed by atoms with E-state index in [2.05, 4.69) is 17.2 Å². The summed E-state index contributed by atoms with van der Waals surface area (Å²) < 4.78 is 5.67. The average molecular weight is 210 g/mol. The van der Waals surface area contributed by atoms with Gasteiger partial charge >= 0.3 is 0 Å². The van der Waals surface area contributed by atoms with E-state index >= 15 is 0 Å². The molecule has 2 aliphatic heterocycles. The van der Waals surface area contributed by atoms with Crippen LogP contribution in [0.25, 0.3) is 0 Å². The summed E-state index contributed by atoms with van der Waals surface area (Å²) in [6.45, 7) is 4.15. The number of ether oxygens (including phenoxy) is 1.